The van der Waals surface area contributed by atoms with Gasteiger partial charge in [0.15, 0.2) is 0 Å². The SMILES string of the molecule is COCCc1ccccc1Nc1ccc([N+](=O)[O-])c(I)c1. The van der Waals surface area contributed by atoms with Gasteiger partial charge >= 0.3 is 0 Å². The van der Waals surface area contributed by atoms with E-state index < -0.39 is 0 Å². The number of hydrogen-bond donors (Lipinski definition) is 1. The Hall–Kier alpha value is -1.67. The molecule has 0 fully saturated rings. The summed E-state index contributed by atoms with van der Waals surface area (Å²) >= 11 is 1.97. The van der Waals surface area contributed by atoms with Crippen LogP contribution in [0.5, 0.6) is 0 Å². The molecule has 1 N–H and O–H groups in total. The van der Waals surface area contributed by atoms with Gasteiger partial charge in [-0.25, -0.2) is 0 Å². The fraction of sp³-hybridized carbons (Fsp3) is 0.200. The lowest BCUT2D eigenvalue weighted by Gasteiger charge is -2.12. The van der Waals surface area contributed by atoms with E-state index in [1.54, 1.807) is 19.2 Å². The number of benzene rings is 2. The summed E-state index contributed by atoms with van der Waals surface area (Å²) in [5.41, 5.74) is 3.08. The Labute approximate surface area is 136 Å². The zero-order valence-corrected chi connectivity index (χ0v) is 13.7. The summed E-state index contributed by atoms with van der Waals surface area (Å²) in [5, 5.41) is 14.1. The van der Waals surface area contributed by atoms with Crippen LogP contribution in [0.15, 0.2) is 42.5 Å². The highest BCUT2D eigenvalue weighted by Crippen LogP contribution is 2.27. The summed E-state index contributed by atoms with van der Waals surface area (Å²) in [7, 11) is 1.68. The lowest BCUT2D eigenvalue weighted by molar-refractivity contribution is -0.385. The zero-order chi connectivity index (χ0) is 15.2. The van der Waals surface area contributed by atoms with Crippen molar-refractivity contribution >= 4 is 39.7 Å². The first-order valence-electron chi connectivity index (χ1n) is 6.39. The van der Waals surface area contributed by atoms with E-state index in [2.05, 4.69) is 5.32 Å². The average Bonchev–Trinajstić information content (AvgIpc) is 2.46. The third-order valence-corrected chi connectivity index (χ3v) is 3.88. The van der Waals surface area contributed by atoms with E-state index in [1.165, 1.54) is 6.07 Å². The predicted octanol–water partition coefficient (Wildman–Crippen LogP) is 4.13. The molecule has 2 rings (SSSR count). The lowest BCUT2D eigenvalue weighted by atomic mass is 10.1. The van der Waals surface area contributed by atoms with Gasteiger partial charge in [0.1, 0.15) is 0 Å². The third kappa shape index (κ3) is 4.15. The molecule has 0 aliphatic heterocycles. The molecule has 0 saturated carbocycles. The minimum atomic E-state index is -0.377. The van der Waals surface area contributed by atoms with Crippen molar-refractivity contribution in [2.24, 2.45) is 0 Å². The monoisotopic (exact) mass is 398 g/mol. The number of nitrogens with zero attached hydrogens (tertiary/aromatic N) is 1. The number of nitrogens with one attached hydrogen (secondary N) is 1. The summed E-state index contributed by atoms with van der Waals surface area (Å²) in [5.74, 6) is 0. The van der Waals surface area contributed by atoms with Crippen molar-refractivity contribution < 1.29 is 9.66 Å². The fourth-order valence-corrected chi connectivity index (χ4v) is 2.67. The summed E-state index contributed by atoms with van der Waals surface area (Å²) in [4.78, 5) is 10.5. The Balaban J connectivity index is 2.22. The van der Waals surface area contributed by atoms with Gasteiger partial charge in [-0.1, -0.05) is 18.2 Å². The second-order valence-corrected chi connectivity index (χ2v) is 5.61. The molecule has 2 aromatic carbocycles. The van der Waals surface area contributed by atoms with Gasteiger partial charge in [0.25, 0.3) is 5.69 Å². The molecule has 0 unspecified atom stereocenters. The lowest BCUT2D eigenvalue weighted by Crippen LogP contribution is -2.00. The van der Waals surface area contributed by atoms with E-state index in [-0.39, 0.29) is 10.6 Å². The molecule has 0 bridgehead atoms. The molecule has 0 saturated heterocycles. The number of anilines is 2. The molecule has 0 atom stereocenters. The molecule has 0 aromatic heterocycles. The standard InChI is InChI=1S/C15H15IN2O3/c1-21-9-8-11-4-2-3-5-14(11)17-12-6-7-15(18(19)20)13(16)10-12/h2-7,10,17H,8-9H2,1H3. The van der Waals surface area contributed by atoms with Gasteiger partial charge in [-0.3, -0.25) is 10.1 Å². The molecular weight excluding hydrogens is 383 g/mol. The van der Waals surface area contributed by atoms with Gasteiger partial charge in [0.2, 0.25) is 0 Å². The normalized spacial score (nSPS) is 10.4. The molecule has 0 aliphatic carbocycles. The van der Waals surface area contributed by atoms with Crippen LogP contribution in [0.25, 0.3) is 0 Å². The van der Waals surface area contributed by atoms with Crippen molar-refractivity contribution in [1.29, 1.82) is 0 Å². The van der Waals surface area contributed by atoms with Crippen LogP contribution in [0.4, 0.5) is 17.1 Å². The van der Waals surface area contributed by atoms with Crippen molar-refractivity contribution in [2.75, 3.05) is 19.0 Å². The molecule has 0 spiro atoms. The number of rotatable bonds is 6. The molecule has 0 aliphatic rings. The molecule has 0 radical (unpaired) electrons. The molecule has 21 heavy (non-hydrogen) atoms. The van der Waals surface area contributed by atoms with Crippen LogP contribution < -0.4 is 5.32 Å². The molecule has 2 aromatic rings. The van der Waals surface area contributed by atoms with Crippen molar-refractivity contribution in [1.82, 2.24) is 0 Å². The molecule has 0 amide bonds. The van der Waals surface area contributed by atoms with Crippen molar-refractivity contribution in [3.63, 3.8) is 0 Å². The van der Waals surface area contributed by atoms with Gasteiger partial charge in [-0.15, -0.1) is 0 Å². The van der Waals surface area contributed by atoms with Crippen LogP contribution in [0.1, 0.15) is 5.56 Å². The van der Waals surface area contributed by atoms with Gasteiger partial charge in [-0.05, 0) is 52.8 Å². The van der Waals surface area contributed by atoms with E-state index in [0.717, 1.165) is 23.4 Å². The van der Waals surface area contributed by atoms with Crippen LogP contribution in [0.3, 0.4) is 0 Å². The van der Waals surface area contributed by atoms with Crippen LogP contribution in [0.2, 0.25) is 0 Å². The number of nitro benzene ring substituents is 1. The van der Waals surface area contributed by atoms with Gasteiger partial charge in [0.05, 0.1) is 15.1 Å². The van der Waals surface area contributed by atoms with Gasteiger partial charge in [0, 0.05) is 24.6 Å². The Morgan fingerprint density at radius 2 is 2.05 bits per heavy atom. The average molecular weight is 398 g/mol. The van der Waals surface area contributed by atoms with Crippen LogP contribution >= 0.6 is 22.6 Å². The van der Waals surface area contributed by atoms with Gasteiger partial charge < -0.3 is 10.1 Å². The number of methoxy groups -OCH3 is 1. The maximum Gasteiger partial charge on any atom is 0.282 e. The van der Waals surface area contributed by atoms with Crippen molar-refractivity contribution in [3.8, 4) is 0 Å². The minimum absolute atomic E-state index is 0.119. The third-order valence-electron chi connectivity index (χ3n) is 3.02. The highest BCUT2D eigenvalue weighted by Gasteiger charge is 2.12. The Morgan fingerprint density at radius 1 is 1.29 bits per heavy atom. The predicted molar refractivity (Wildman–Crippen MR) is 91.1 cm³/mol. The number of hydrogen-bond acceptors (Lipinski definition) is 4. The topological polar surface area (TPSA) is 64.4 Å². The van der Waals surface area contributed by atoms with E-state index in [1.807, 2.05) is 46.9 Å². The van der Waals surface area contributed by atoms with Crippen LogP contribution in [0, 0.1) is 13.7 Å². The number of nitro groups is 1. The second kappa shape index (κ2) is 7.37. The Bertz CT molecular complexity index is 647. The summed E-state index contributed by atoms with van der Waals surface area (Å²) in [6.07, 6.45) is 0.809. The molecule has 0 heterocycles. The first-order chi connectivity index (χ1) is 10.1. The fourth-order valence-electron chi connectivity index (χ4n) is 1.96. The summed E-state index contributed by atoms with van der Waals surface area (Å²) in [6, 6.07) is 13.0. The maximum atomic E-state index is 10.8. The molecule has 5 nitrogen and oxygen atoms in total. The second-order valence-electron chi connectivity index (χ2n) is 4.45. The van der Waals surface area contributed by atoms with Crippen molar-refractivity contribution in [3.05, 3.63) is 61.7 Å². The largest absolute Gasteiger partial charge is 0.384 e. The van der Waals surface area contributed by atoms with Crippen LogP contribution in [-0.4, -0.2) is 18.6 Å². The molecule has 6 heteroatoms. The van der Waals surface area contributed by atoms with E-state index in [0.29, 0.717) is 10.2 Å². The van der Waals surface area contributed by atoms with Crippen LogP contribution in [-0.2, 0) is 11.2 Å². The van der Waals surface area contributed by atoms with E-state index in [9.17, 15) is 10.1 Å². The minimum Gasteiger partial charge on any atom is -0.384 e. The summed E-state index contributed by atoms with van der Waals surface area (Å²) in [6.45, 7) is 0.649. The Kier molecular flexibility index (Phi) is 5.51. The van der Waals surface area contributed by atoms with Crippen molar-refractivity contribution in [2.45, 2.75) is 6.42 Å². The van der Waals surface area contributed by atoms with Gasteiger partial charge in [-0.2, -0.15) is 0 Å². The molecular formula is C15H15IN2O3. The quantitative estimate of drug-likeness (QED) is 0.452. The number of ether oxygens (including phenoxy) is 1. The smallest absolute Gasteiger partial charge is 0.282 e. The number of halogens is 1. The van der Waals surface area contributed by atoms with E-state index in [4.69, 9.17) is 4.74 Å². The van der Waals surface area contributed by atoms with E-state index >= 15 is 0 Å². The molecule has 110 valence electrons. The highest BCUT2D eigenvalue weighted by molar-refractivity contribution is 14.1. The Morgan fingerprint density at radius 3 is 2.71 bits per heavy atom. The first kappa shape index (κ1) is 15.7. The maximum absolute atomic E-state index is 10.8. The zero-order valence-electron chi connectivity index (χ0n) is 11.5. The first-order valence-corrected chi connectivity index (χ1v) is 7.47. The number of para-hydroxylation sites is 1. The highest BCUT2D eigenvalue weighted by atomic mass is 127. The summed E-state index contributed by atoms with van der Waals surface area (Å²) < 4.78 is 5.72.